The molecule has 0 aromatic heterocycles. The van der Waals surface area contributed by atoms with Gasteiger partial charge in [0.15, 0.2) is 0 Å². The molecule has 0 radical (unpaired) electrons. The van der Waals surface area contributed by atoms with Crippen molar-refractivity contribution in [1.29, 1.82) is 0 Å². The Balaban J connectivity index is 2.34. The summed E-state index contributed by atoms with van der Waals surface area (Å²) in [4.78, 5) is 11.0. The molecule has 0 saturated carbocycles. The molecule has 2 N–H and O–H groups in total. The first kappa shape index (κ1) is 13.8. The fourth-order valence-corrected chi connectivity index (χ4v) is 1.70. The first-order valence-electron chi connectivity index (χ1n) is 6.25. The van der Waals surface area contributed by atoms with Crippen LogP contribution in [0, 0.1) is 17.8 Å². The molecule has 0 bridgehead atoms. The van der Waals surface area contributed by atoms with Gasteiger partial charge in [0.05, 0.1) is 6.10 Å². The highest BCUT2D eigenvalue weighted by Crippen LogP contribution is 2.12. The zero-order chi connectivity index (χ0) is 12.7. The van der Waals surface area contributed by atoms with Gasteiger partial charge in [-0.2, -0.15) is 0 Å². The number of hydrogen-bond acceptors (Lipinski definition) is 2. The third-order valence-electron chi connectivity index (χ3n) is 2.88. The van der Waals surface area contributed by atoms with Gasteiger partial charge in [-0.3, -0.25) is 4.79 Å². The number of rotatable bonds is 4. The van der Waals surface area contributed by atoms with Crippen molar-refractivity contribution in [3.05, 3.63) is 12.2 Å². The third-order valence-corrected chi connectivity index (χ3v) is 2.88. The molecule has 1 rings (SSSR count). The van der Waals surface area contributed by atoms with Crippen LogP contribution < -0.4 is 5.32 Å². The van der Waals surface area contributed by atoms with Crippen molar-refractivity contribution in [2.45, 2.75) is 51.7 Å². The Kier molecular flexibility index (Phi) is 5.79. The van der Waals surface area contributed by atoms with E-state index < -0.39 is 6.10 Å². The number of carbonyl (C=O) groups is 1. The van der Waals surface area contributed by atoms with Crippen molar-refractivity contribution in [3.8, 4) is 11.8 Å². The second kappa shape index (κ2) is 7.13. The first-order valence-corrected chi connectivity index (χ1v) is 6.25. The molecule has 3 heteroatoms. The predicted molar refractivity (Wildman–Crippen MR) is 68.2 cm³/mol. The number of amides is 1. The van der Waals surface area contributed by atoms with Crippen LogP contribution in [0.2, 0.25) is 0 Å². The van der Waals surface area contributed by atoms with Gasteiger partial charge in [0, 0.05) is 25.3 Å². The highest BCUT2D eigenvalue weighted by molar-refractivity contribution is 5.78. The Bertz CT molecular complexity index is 338. The van der Waals surface area contributed by atoms with E-state index in [4.69, 9.17) is 0 Å². The summed E-state index contributed by atoms with van der Waals surface area (Å²) in [6, 6.07) is 0.0890. The molecule has 94 valence electrons. The van der Waals surface area contributed by atoms with Crippen LogP contribution in [-0.2, 0) is 4.79 Å². The van der Waals surface area contributed by atoms with Gasteiger partial charge in [0.25, 0.3) is 0 Å². The van der Waals surface area contributed by atoms with Gasteiger partial charge < -0.3 is 10.4 Å². The van der Waals surface area contributed by atoms with Gasteiger partial charge in [-0.15, -0.1) is 11.8 Å². The lowest BCUT2D eigenvalue weighted by atomic mass is 10.00. The minimum Gasteiger partial charge on any atom is -0.389 e. The molecule has 1 heterocycles. The molecule has 3 atom stereocenters. The van der Waals surface area contributed by atoms with E-state index in [1.54, 1.807) is 6.08 Å². The van der Waals surface area contributed by atoms with Crippen molar-refractivity contribution in [1.82, 2.24) is 5.32 Å². The molecular weight excluding hydrogens is 214 g/mol. The van der Waals surface area contributed by atoms with Crippen LogP contribution in [0.5, 0.6) is 0 Å². The van der Waals surface area contributed by atoms with Crippen molar-refractivity contribution in [2.75, 3.05) is 0 Å². The molecule has 1 amide bonds. The van der Waals surface area contributed by atoms with Crippen LogP contribution in [0.4, 0.5) is 0 Å². The summed E-state index contributed by atoms with van der Waals surface area (Å²) >= 11 is 0. The predicted octanol–water partition coefficient (Wildman–Crippen LogP) is 1.62. The lowest BCUT2D eigenvalue weighted by molar-refractivity contribution is -0.119. The summed E-state index contributed by atoms with van der Waals surface area (Å²) in [6.07, 6.45) is 6.14. The molecule has 1 fully saturated rings. The minimum atomic E-state index is -0.487. The van der Waals surface area contributed by atoms with Crippen LogP contribution >= 0.6 is 0 Å². The van der Waals surface area contributed by atoms with Gasteiger partial charge >= 0.3 is 0 Å². The summed E-state index contributed by atoms with van der Waals surface area (Å²) in [5.41, 5.74) is 0. The summed E-state index contributed by atoms with van der Waals surface area (Å²) in [5, 5.41) is 12.7. The zero-order valence-electron chi connectivity index (χ0n) is 10.6. The van der Waals surface area contributed by atoms with E-state index >= 15 is 0 Å². The quantitative estimate of drug-likeness (QED) is 0.574. The van der Waals surface area contributed by atoms with E-state index in [0.29, 0.717) is 12.8 Å². The average molecular weight is 235 g/mol. The Morgan fingerprint density at radius 3 is 2.94 bits per heavy atom. The molecular formula is C14H21NO2. The van der Waals surface area contributed by atoms with Crippen LogP contribution in [0.15, 0.2) is 12.2 Å². The van der Waals surface area contributed by atoms with Crippen LogP contribution in [0.1, 0.15) is 39.5 Å². The maximum absolute atomic E-state index is 11.0. The topological polar surface area (TPSA) is 49.3 Å². The smallest absolute Gasteiger partial charge is 0.220 e. The SMILES string of the molecule is CCC#CCC(C)[C@@H](O)/C=C/[C@H]1CCC(=O)N1. The minimum absolute atomic E-state index is 0.0890. The molecule has 17 heavy (non-hydrogen) atoms. The Labute approximate surface area is 103 Å². The van der Waals surface area contributed by atoms with Gasteiger partial charge in [0.1, 0.15) is 0 Å². The van der Waals surface area contributed by atoms with Crippen LogP contribution in [0.25, 0.3) is 0 Å². The lowest BCUT2D eigenvalue weighted by Crippen LogP contribution is -2.24. The van der Waals surface area contributed by atoms with Gasteiger partial charge in [-0.05, 0) is 12.3 Å². The van der Waals surface area contributed by atoms with E-state index in [9.17, 15) is 9.90 Å². The van der Waals surface area contributed by atoms with Crippen LogP contribution in [-0.4, -0.2) is 23.2 Å². The second-order valence-corrected chi connectivity index (χ2v) is 4.48. The number of nitrogens with one attached hydrogen (secondary N) is 1. The van der Waals surface area contributed by atoms with E-state index in [-0.39, 0.29) is 17.9 Å². The van der Waals surface area contributed by atoms with Gasteiger partial charge in [0.2, 0.25) is 5.91 Å². The monoisotopic (exact) mass is 235 g/mol. The Morgan fingerprint density at radius 1 is 1.59 bits per heavy atom. The van der Waals surface area contributed by atoms with Crippen molar-refractivity contribution in [3.63, 3.8) is 0 Å². The fourth-order valence-electron chi connectivity index (χ4n) is 1.70. The van der Waals surface area contributed by atoms with E-state index in [2.05, 4.69) is 17.2 Å². The zero-order valence-corrected chi connectivity index (χ0v) is 10.6. The van der Waals surface area contributed by atoms with E-state index in [0.717, 1.165) is 12.8 Å². The highest BCUT2D eigenvalue weighted by atomic mass is 16.3. The van der Waals surface area contributed by atoms with Crippen molar-refractivity contribution in [2.24, 2.45) is 5.92 Å². The Morgan fingerprint density at radius 2 is 2.35 bits per heavy atom. The molecule has 0 aromatic carbocycles. The maximum Gasteiger partial charge on any atom is 0.220 e. The summed E-state index contributed by atoms with van der Waals surface area (Å²) in [7, 11) is 0. The number of aliphatic hydroxyl groups is 1. The maximum atomic E-state index is 11.0. The van der Waals surface area contributed by atoms with E-state index in [1.807, 2.05) is 19.9 Å². The molecule has 0 aliphatic carbocycles. The summed E-state index contributed by atoms with van der Waals surface area (Å²) in [6.45, 7) is 3.99. The number of aliphatic hydroxyl groups excluding tert-OH is 1. The average Bonchev–Trinajstić information content (AvgIpc) is 2.72. The van der Waals surface area contributed by atoms with Gasteiger partial charge in [-0.1, -0.05) is 26.0 Å². The lowest BCUT2D eigenvalue weighted by Gasteiger charge is -2.13. The van der Waals surface area contributed by atoms with E-state index in [1.165, 1.54) is 0 Å². The van der Waals surface area contributed by atoms with Crippen molar-refractivity contribution < 1.29 is 9.90 Å². The Hall–Kier alpha value is -1.27. The second-order valence-electron chi connectivity index (χ2n) is 4.48. The largest absolute Gasteiger partial charge is 0.389 e. The third kappa shape index (κ3) is 5.06. The summed E-state index contributed by atoms with van der Waals surface area (Å²) in [5.74, 6) is 6.25. The standard InChI is InChI=1S/C14H21NO2/c1-3-4-5-6-11(2)13(16)9-7-12-8-10-14(17)15-12/h7,9,11-13,16H,3,6,8,10H2,1-2H3,(H,15,17)/b9-7+/t11?,12-,13-/m0/s1. The number of carbonyl (C=O) groups excluding carboxylic acids is 1. The number of hydrogen-bond donors (Lipinski definition) is 2. The highest BCUT2D eigenvalue weighted by Gasteiger charge is 2.18. The molecule has 3 nitrogen and oxygen atoms in total. The molecule has 1 saturated heterocycles. The van der Waals surface area contributed by atoms with Gasteiger partial charge in [-0.25, -0.2) is 0 Å². The molecule has 0 aromatic rings. The fraction of sp³-hybridized carbons (Fsp3) is 0.643. The van der Waals surface area contributed by atoms with Crippen LogP contribution in [0.3, 0.4) is 0 Å². The molecule has 0 spiro atoms. The summed E-state index contributed by atoms with van der Waals surface area (Å²) < 4.78 is 0. The van der Waals surface area contributed by atoms with Crippen molar-refractivity contribution >= 4 is 5.91 Å². The molecule has 1 unspecified atom stereocenters. The first-order chi connectivity index (χ1) is 8.13. The molecule has 1 aliphatic rings. The molecule has 1 aliphatic heterocycles. The normalized spacial score (nSPS) is 23.0.